The third-order valence-corrected chi connectivity index (χ3v) is 6.63. The molecule has 0 aromatic rings. The number of halogens is 2. The van der Waals surface area contributed by atoms with E-state index in [1.165, 1.54) is 32.2 Å². The van der Waals surface area contributed by atoms with Crippen molar-refractivity contribution in [3.05, 3.63) is 0 Å². The molecule has 1 unspecified atom stereocenters. The Kier molecular flexibility index (Phi) is 7.84. The minimum Gasteiger partial charge on any atom is -0.381 e. The molecule has 3 heterocycles. The molecular weight excluding hydrogens is 361 g/mol. The summed E-state index contributed by atoms with van der Waals surface area (Å²) < 4.78 is 5.45. The zero-order chi connectivity index (χ0) is 15.7. The number of nitrogens with zero attached hydrogens (tertiary/aromatic N) is 2. The van der Waals surface area contributed by atoms with Gasteiger partial charge in [0.25, 0.3) is 0 Å². The average molecular weight is 394 g/mol. The fourth-order valence-corrected chi connectivity index (χ4v) is 4.84. The largest absolute Gasteiger partial charge is 0.381 e. The summed E-state index contributed by atoms with van der Waals surface area (Å²) in [6.07, 6.45) is 5.96. The van der Waals surface area contributed by atoms with Gasteiger partial charge in [0, 0.05) is 51.9 Å². The van der Waals surface area contributed by atoms with Crippen LogP contribution >= 0.6 is 24.8 Å². The summed E-state index contributed by atoms with van der Waals surface area (Å²) in [6, 6.07) is 0. The van der Waals surface area contributed by atoms with Crippen molar-refractivity contribution in [1.82, 2.24) is 15.1 Å². The van der Waals surface area contributed by atoms with Crippen LogP contribution in [0.15, 0.2) is 0 Å². The van der Waals surface area contributed by atoms with E-state index in [1.54, 1.807) is 0 Å². The third-order valence-electron chi connectivity index (χ3n) is 6.63. The van der Waals surface area contributed by atoms with Crippen molar-refractivity contribution < 1.29 is 9.53 Å². The van der Waals surface area contributed by atoms with Gasteiger partial charge in [-0.3, -0.25) is 9.69 Å². The number of hydrogen-bond acceptors (Lipinski definition) is 4. The molecule has 5 nitrogen and oxygen atoms in total. The van der Waals surface area contributed by atoms with Crippen LogP contribution in [0.3, 0.4) is 0 Å². The lowest BCUT2D eigenvalue weighted by molar-refractivity contribution is -0.135. The predicted octanol–water partition coefficient (Wildman–Crippen LogP) is 1.79. The molecule has 4 rings (SSSR count). The molecule has 146 valence electrons. The Hall–Kier alpha value is -0.0700. The first-order chi connectivity index (χ1) is 11.3. The molecule has 4 aliphatic rings. The number of ether oxygens (including phenoxy) is 1. The van der Waals surface area contributed by atoms with Gasteiger partial charge >= 0.3 is 0 Å². The van der Waals surface area contributed by atoms with E-state index in [-0.39, 0.29) is 24.8 Å². The Morgan fingerprint density at radius 3 is 2.32 bits per heavy atom. The van der Waals surface area contributed by atoms with E-state index in [0.29, 0.717) is 17.2 Å². The van der Waals surface area contributed by atoms with Gasteiger partial charge in [-0.15, -0.1) is 24.8 Å². The lowest BCUT2D eigenvalue weighted by Gasteiger charge is -2.37. The number of hydrogen-bond donors (Lipinski definition) is 1. The fourth-order valence-electron chi connectivity index (χ4n) is 4.84. The van der Waals surface area contributed by atoms with Crippen LogP contribution in [-0.2, 0) is 9.53 Å². The second-order valence-corrected chi connectivity index (χ2v) is 8.05. The molecule has 1 saturated carbocycles. The molecule has 1 amide bonds. The maximum atomic E-state index is 12.8. The van der Waals surface area contributed by atoms with Gasteiger partial charge in [-0.1, -0.05) is 0 Å². The number of carbonyl (C=O) groups is 1. The van der Waals surface area contributed by atoms with Crippen molar-refractivity contribution in [2.24, 2.45) is 17.3 Å². The number of carbonyl (C=O) groups excluding carboxylic acids is 1. The van der Waals surface area contributed by atoms with Gasteiger partial charge < -0.3 is 15.0 Å². The Morgan fingerprint density at radius 1 is 1.04 bits per heavy atom. The summed E-state index contributed by atoms with van der Waals surface area (Å²) in [7, 11) is 0. The van der Waals surface area contributed by atoms with Gasteiger partial charge in [0.2, 0.25) is 5.91 Å². The Bertz CT molecular complexity index is 432. The Morgan fingerprint density at radius 2 is 1.68 bits per heavy atom. The van der Waals surface area contributed by atoms with Crippen LogP contribution in [0.2, 0.25) is 0 Å². The minimum atomic E-state index is 0. The van der Waals surface area contributed by atoms with Gasteiger partial charge in [0.15, 0.2) is 0 Å². The second kappa shape index (κ2) is 9.23. The number of piperidine rings is 1. The van der Waals surface area contributed by atoms with E-state index < -0.39 is 0 Å². The summed E-state index contributed by atoms with van der Waals surface area (Å²) >= 11 is 0. The molecule has 0 bridgehead atoms. The van der Waals surface area contributed by atoms with Crippen molar-refractivity contribution in [2.75, 3.05) is 59.0 Å². The van der Waals surface area contributed by atoms with Crippen LogP contribution in [0.5, 0.6) is 0 Å². The molecule has 0 aromatic heterocycles. The van der Waals surface area contributed by atoms with Crippen molar-refractivity contribution in [2.45, 2.75) is 32.1 Å². The zero-order valence-electron chi connectivity index (χ0n) is 15.1. The summed E-state index contributed by atoms with van der Waals surface area (Å²) in [5.74, 6) is 1.59. The number of rotatable bonds is 3. The first-order valence-electron chi connectivity index (χ1n) is 9.56. The quantitative estimate of drug-likeness (QED) is 0.793. The average Bonchev–Trinajstić information content (AvgIpc) is 3.29. The van der Waals surface area contributed by atoms with Crippen molar-refractivity contribution in [1.29, 1.82) is 0 Å². The summed E-state index contributed by atoms with van der Waals surface area (Å²) in [5, 5.41) is 3.42. The molecule has 0 aromatic carbocycles. The van der Waals surface area contributed by atoms with Crippen LogP contribution in [0, 0.1) is 17.3 Å². The molecule has 1 N–H and O–H groups in total. The van der Waals surface area contributed by atoms with Crippen LogP contribution in [-0.4, -0.2) is 74.7 Å². The molecule has 1 atom stereocenters. The zero-order valence-corrected chi connectivity index (χ0v) is 16.7. The molecule has 3 aliphatic heterocycles. The summed E-state index contributed by atoms with van der Waals surface area (Å²) in [5.41, 5.74) is 0.377. The molecule has 0 radical (unpaired) electrons. The first kappa shape index (κ1) is 21.2. The highest BCUT2D eigenvalue weighted by Gasteiger charge is 2.58. The Labute approximate surface area is 164 Å². The molecule has 1 spiro atoms. The number of amides is 1. The van der Waals surface area contributed by atoms with E-state index in [0.717, 1.165) is 64.8 Å². The van der Waals surface area contributed by atoms with Crippen molar-refractivity contribution in [3.8, 4) is 0 Å². The second-order valence-electron chi connectivity index (χ2n) is 8.05. The smallest absolute Gasteiger partial charge is 0.226 e. The number of nitrogens with one attached hydrogen (secondary N) is 1. The minimum absolute atomic E-state index is 0. The van der Waals surface area contributed by atoms with Crippen molar-refractivity contribution in [3.63, 3.8) is 0 Å². The molecular formula is C18H33Cl2N3O2. The van der Waals surface area contributed by atoms with Crippen LogP contribution < -0.4 is 5.32 Å². The lowest BCUT2D eigenvalue weighted by Crippen LogP contribution is -2.51. The maximum absolute atomic E-state index is 12.8. The first-order valence-corrected chi connectivity index (χ1v) is 9.56. The SMILES string of the molecule is Cl.Cl.O=C(C1CC12CCNCC2)N1CCN(CC2CCOCC2)CC1. The molecule has 25 heavy (non-hydrogen) atoms. The maximum Gasteiger partial charge on any atom is 0.226 e. The highest BCUT2D eigenvalue weighted by molar-refractivity contribution is 5.85. The van der Waals surface area contributed by atoms with Crippen LogP contribution in [0.1, 0.15) is 32.1 Å². The molecule has 3 saturated heterocycles. The monoisotopic (exact) mass is 393 g/mol. The fraction of sp³-hybridized carbons (Fsp3) is 0.944. The summed E-state index contributed by atoms with van der Waals surface area (Å²) in [4.78, 5) is 17.5. The molecule has 7 heteroatoms. The topological polar surface area (TPSA) is 44.8 Å². The van der Waals surface area contributed by atoms with Gasteiger partial charge in [0.05, 0.1) is 0 Å². The third kappa shape index (κ3) is 4.81. The number of piperazine rings is 1. The van der Waals surface area contributed by atoms with Crippen LogP contribution in [0.25, 0.3) is 0 Å². The van der Waals surface area contributed by atoms with Gasteiger partial charge in [0.1, 0.15) is 0 Å². The van der Waals surface area contributed by atoms with E-state index in [9.17, 15) is 4.79 Å². The molecule has 1 aliphatic carbocycles. The van der Waals surface area contributed by atoms with E-state index >= 15 is 0 Å². The van der Waals surface area contributed by atoms with Gasteiger partial charge in [-0.05, 0) is 56.5 Å². The Balaban J connectivity index is 0.00000113. The lowest BCUT2D eigenvalue weighted by atomic mass is 9.91. The highest BCUT2D eigenvalue weighted by Crippen LogP contribution is 2.59. The standard InChI is InChI=1S/C18H31N3O2.2ClH/c22-17(16-13-18(16)3-5-19-6-4-18)21-9-7-20(8-10-21)14-15-1-11-23-12-2-15;;/h15-16,19H,1-14H2;2*1H. The van der Waals surface area contributed by atoms with E-state index in [1.807, 2.05) is 0 Å². The predicted molar refractivity (Wildman–Crippen MR) is 104 cm³/mol. The van der Waals surface area contributed by atoms with Crippen molar-refractivity contribution >= 4 is 30.7 Å². The molecule has 4 fully saturated rings. The highest BCUT2D eigenvalue weighted by atomic mass is 35.5. The summed E-state index contributed by atoms with van der Waals surface area (Å²) in [6.45, 7) is 9.26. The van der Waals surface area contributed by atoms with Gasteiger partial charge in [-0.25, -0.2) is 0 Å². The van der Waals surface area contributed by atoms with E-state index in [4.69, 9.17) is 4.74 Å². The van der Waals surface area contributed by atoms with Gasteiger partial charge in [-0.2, -0.15) is 0 Å². The van der Waals surface area contributed by atoms with E-state index in [2.05, 4.69) is 15.1 Å². The van der Waals surface area contributed by atoms with Crippen LogP contribution in [0.4, 0.5) is 0 Å². The normalized spacial score (nSPS) is 29.6.